The molecule has 7 heteroatoms. The van der Waals surface area contributed by atoms with Gasteiger partial charge in [0.2, 0.25) is 0 Å². The van der Waals surface area contributed by atoms with Crippen LogP contribution in [0.25, 0.3) is 10.2 Å². The van der Waals surface area contributed by atoms with Crippen LogP contribution in [0.3, 0.4) is 0 Å². The van der Waals surface area contributed by atoms with E-state index in [0.717, 1.165) is 10.2 Å². The molecule has 2 aromatic rings. The Balaban J connectivity index is 1.90. The molecule has 1 amide bonds. The summed E-state index contributed by atoms with van der Waals surface area (Å²) in [6, 6.07) is 3.66. The fraction of sp³-hybridized carbons (Fsp3) is 0.385. The summed E-state index contributed by atoms with van der Waals surface area (Å²) in [4.78, 5) is 19.7. The Morgan fingerprint density at radius 3 is 3.25 bits per heavy atom. The van der Waals surface area contributed by atoms with Crippen molar-refractivity contribution in [3.05, 3.63) is 23.2 Å². The predicted molar refractivity (Wildman–Crippen MR) is 76.8 cm³/mol. The SMILES string of the molecule is Nc1c(C(=O)N2CCOC(CO)C2)sc2ncccc12. The van der Waals surface area contributed by atoms with Crippen LogP contribution in [-0.4, -0.2) is 53.3 Å². The lowest BCUT2D eigenvalue weighted by Gasteiger charge is -2.31. The molecular formula is C13H15N3O3S. The largest absolute Gasteiger partial charge is 0.397 e. The van der Waals surface area contributed by atoms with Crippen LogP contribution in [0.1, 0.15) is 9.67 Å². The highest BCUT2D eigenvalue weighted by molar-refractivity contribution is 7.21. The molecule has 3 rings (SSSR count). The number of fused-ring (bicyclic) bond motifs is 1. The van der Waals surface area contributed by atoms with E-state index in [9.17, 15) is 4.79 Å². The van der Waals surface area contributed by atoms with Gasteiger partial charge in [-0.2, -0.15) is 0 Å². The van der Waals surface area contributed by atoms with E-state index in [0.29, 0.717) is 30.3 Å². The van der Waals surface area contributed by atoms with E-state index in [-0.39, 0.29) is 18.6 Å². The van der Waals surface area contributed by atoms with Crippen LogP contribution in [0.2, 0.25) is 0 Å². The van der Waals surface area contributed by atoms with Gasteiger partial charge < -0.3 is 20.5 Å². The topological polar surface area (TPSA) is 88.7 Å². The summed E-state index contributed by atoms with van der Waals surface area (Å²) in [5, 5.41) is 9.95. The number of carbonyl (C=O) groups excluding carboxylic acids is 1. The number of ether oxygens (including phenoxy) is 1. The van der Waals surface area contributed by atoms with Crippen molar-refractivity contribution in [1.82, 2.24) is 9.88 Å². The Morgan fingerprint density at radius 2 is 2.50 bits per heavy atom. The molecule has 3 heterocycles. The molecule has 2 aromatic heterocycles. The fourth-order valence-electron chi connectivity index (χ4n) is 2.27. The zero-order valence-electron chi connectivity index (χ0n) is 10.8. The van der Waals surface area contributed by atoms with Gasteiger partial charge in [0, 0.05) is 24.7 Å². The smallest absolute Gasteiger partial charge is 0.266 e. The number of pyridine rings is 1. The Labute approximate surface area is 119 Å². The first-order valence-corrected chi connectivity index (χ1v) is 7.17. The van der Waals surface area contributed by atoms with Gasteiger partial charge in [-0.05, 0) is 12.1 Å². The van der Waals surface area contributed by atoms with E-state index in [2.05, 4.69) is 4.98 Å². The number of amides is 1. The molecule has 3 N–H and O–H groups in total. The third kappa shape index (κ3) is 2.24. The lowest BCUT2D eigenvalue weighted by Crippen LogP contribution is -2.46. The first-order valence-electron chi connectivity index (χ1n) is 6.35. The van der Waals surface area contributed by atoms with Crippen molar-refractivity contribution in [3.63, 3.8) is 0 Å². The number of hydrogen-bond donors (Lipinski definition) is 2. The molecule has 1 fully saturated rings. The molecule has 6 nitrogen and oxygen atoms in total. The van der Waals surface area contributed by atoms with E-state index in [1.807, 2.05) is 6.07 Å². The summed E-state index contributed by atoms with van der Waals surface area (Å²) in [7, 11) is 0. The zero-order valence-corrected chi connectivity index (χ0v) is 11.6. The monoisotopic (exact) mass is 293 g/mol. The minimum atomic E-state index is -0.318. The van der Waals surface area contributed by atoms with Crippen molar-refractivity contribution >= 4 is 33.1 Å². The number of carbonyl (C=O) groups is 1. The fourth-order valence-corrected chi connectivity index (χ4v) is 3.30. The van der Waals surface area contributed by atoms with Gasteiger partial charge in [0.15, 0.2) is 0 Å². The van der Waals surface area contributed by atoms with Gasteiger partial charge in [0.1, 0.15) is 9.71 Å². The molecule has 106 valence electrons. The van der Waals surface area contributed by atoms with Gasteiger partial charge in [0.25, 0.3) is 5.91 Å². The molecule has 1 aliphatic heterocycles. The highest BCUT2D eigenvalue weighted by atomic mass is 32.1. The molecule has 1 saturated heterocycles. The molecule has 0 saturated carbocycles. The van der Waals surface area contributed by atoms with E-state index in [1.54, 1.807) is 17.2 Å². The van der Waals surface area contributed by atoms with Gasteiger partial charge in [-0.25, -0.2) is 4.98 Å². The molecule has 1 aliphatic rings. The predicted octanol–water partition coefficient (Wildman–Crippen LogP) is 0.712. The molecular weight excluding hydrogens is 278 g/mol. The average Bonchev–Trinajstić information content (AvgIpc) is 2.84. The van der Waals surface area contributed by atoms with E-state index in [1.165, 1.54) is 11.3 Å². The number of aromatic nitrogens is 1. The molecule has 0 bridgehead atoms. The molecule has 0 radical (unpaired) electrons. The maximum atomic E-state index is 12.5. The normalized spacial score (nSPS) is 19.4. The van der Waals surface area contributed by atoms with Gasteiger partial charge >= 0.3 is 0 Å². The maximum absolute atomic E-state index is 12.5. The number of anilines is 1. The minimum absolute atomic E-state index is 0.0900. The van der Waals surface area contributed by atoms with Crippen molar-refractivity contribution in [2.75, 3.05) is 32.0 Å². The lowest BCUT2D eigenvalue weighted by atomic mass is 10.2. The van der Waals surface area contributed by atoms with Gasteiger partial charge in [-0.1, -0.05) is 0 Å². The minimum Gasteiger partial charge on any atom is -0.397 e. The molecule has 0 aromatic carbocycles. The second-order valence-electron chi connectivity index (χ2n) is 4.63. The number of thiophene rings is 1. The second kappa shape index (κ2) is 5.35. The van der Waals surface area contributed by atoms with Crippen molar-refractivity contribution < 1.29 is 14.6 Å². The Morgan fingerprint density at radius 1 is 1.65 bits per heavy atom. The summed E-state index contributed by atoms with van der Waals surface area (Å²) in [6.07, 6.45) is 1.37. The first-order chi connectivity index (χ1) is 9.70. The maximum Gasteiger partial charge on any atom is 0.266 e. The number of nitrogens with zero attached hydrogens (tertiary/aromatic N) is 2. The number of aliphatic hydroxyl groups is 1. The molecule has 0 aliphatic carbocycles. The Hall–Kier alpha value is -1.70. The summed E-state index contributed by atoms with van der Waals surface area (Å²) < 4.78 is 5.35. The van der Waals surface area contributed by atoms with Crippen molar-refractivity contribution in [1.29, 1.82) is 0 Å². The van der Waals surface area contributed by atoms with Crippen LogP contribution in [0.5, 0.6) is 0 Å². The number of aliphatic hydroxyl groups excluding tert-OH is 1. The van der Waals surface area contributed by atoms with Crippen LogP contribution >= 0.6 is 11.3 Å². The molecule has 20 heavy (non-hydrogen) atoms. The summed E-state index contributed by atoms with van der Waals surface area (Å²) in [6.45, 7) is 1.24. The van der Waals surface area contributed by atoms with E-state index in [4.69, 9.17) is 15.6 Å². The number of nitrogen functional groups attached to an aromatic ring is 1. The lowest BCUT2D eigenvalue weighted by molar-refractivity contribution is -0.0445. The quantitative estimate of drug-likeness (QED) is 0.851. The highest BCUT2D eigenvalue weighted by Crippen LogP contribution is 2.33. The third-order valence-corrected chi connectivity index (χ3v) is 4.45. The Kier molecular flexibility index (Phi) is 3.56. The molecule has 0 spiro atoms. The number of morpholine rings is 1. The van der Waals surface area contributed by atoms with Gasteiger partial charge in [0.05, 0.1) is 25.0 Å². The summed E-state index contributed by atoms with van der Waals surface area (Å²) in [5.74, 6) is -0.118. The van der Waals surface area contributed by atoms with Crippen LogP contribution < -0.4 is 5.73 Å². The van der Waals surface area contributed by atoms with E-state index >= 15 is 0 Å². The molecule has 1 unspecified atom stereocenters. The van der Waals surface area contributed by atoms with Gasteiger partial charge in [-0.15, -0.1) is 11.3 Å². The zero-order chi connectivity index (χ0) is 14.1. The van der Waals surface area contributed by atoms with E-state index < -0.39 is 0 Å². The Bertz CT molecular complexity index is 643. The molecule has 1 atom stereocenters. The highest BCUT2D eigenvalue weighted by Gasteiger charge is 2.27. The van der Waals surface area contributed by atoms with Crippen LogP contribution in [0.4, 0.5) is 5.69 Å². The van der Waals surface area contributed by atoms with Crippen LogP contribution in [0.15, 0.2) is 18.3 Å². The third-order valence-electron chi connectivity index (χ3n) is 3.33. The second-order valence-corrected chi connectivity index (χ2v) is 5.63. The number of nitrogens with two attached hydrogens (primary N) is 1. The number of rotatable bonds is 2. The summed E-state index contributed by atoms with van der Waals surface area (Å²) >= 11 is 1.30. The average molecular weight is 293 g/mol. The first kappa shape index (κ1) is 13.3. The summed E-state index contributed by atoms with van der Waals surface area (Å²) in [5.41, 5.74) is 6.54. The van der Waals surface area contributed by atoms with Gasteiger partial charge in [-0.3, -0.25) is 4.79 Å². The standard InChI is InChI=1S/C13H15N3O3S/c14-10-9-2-1-3-15-12(9)20-11(10)13(18)16-4-5-19-8(6-16)7-17/h1-3,8,17H,4-7,14H2. The van der Waals surface area contributed by atoms with Crippen molar-refractivity contribution in [3.8, 4) is 0 Å². The van der Waals surface area contributed by atoms with Crippen molar-refractivity contribution in [2.24, 2.45) is 0 Å². The van der Waals surface area contributed by atoms with Crippen molar-refractivity contribution in [2.45, 2.75) is 6.10 Å². The van der Waals surface area contributed by atoms with Crippen LogP contribution in [0, 0.1) is 0 Å². The van der Waals surface area contributed by atoms with Crippen LogP contribution in [-0.2, 0) is 4.74 Å². The number of hydrogen-bond acceptors (Lipinski definition) is 6.